The van der Waals surface area contributed by atoms with Gasteiger partial charge < -0.3 is 4.74 Å². The van der Waals surface area contributed by atoms with Crippen LogP contribution in [-0.4, -0.2) is 13.1 Å². The van der Waals surface area contributed by atoms with Crippen LogP contribution in [0.3, 0.4) is 0 Å². The van der Waals surface area contributed by atoms with E-state index in [1.54, 1.807) is 0 Å². The number of rotatable bonds is 1. The summed E-state index contributed by atoms with van der Waals surface area (Å²) in [5.41, 5.74) is -3.12. The minimum Gasteiger partial charge on any atom is -0.465 e. The molecule has 17 heavy (non-hydrogen) atoms. The summed E-state index contributed by atoms with van der Waals surface area (Å²) < 4.78 is 54.8. The van der Waals surface area contributed by atoms with Gasteiger partial charge >= 0.3 is 12.1 Å². The molecule has 0 aliphatic carbocycles. The van der Waals surface area contributed by atoms with Crippen LogP contribution in [-0.2, 0) is 10.9 Å². The standard InChI is InChI=1S/C10H5F4NO2/c1-17-9(16)6-3-7(10(12,13)14)5(4-15)2-8(6)11/h2-3H,1H3. The van der Waals surface area contributed by atoms with E-state index in [0.29, 0.717) is 6.07 Å². The van der Waals surface area contributed by atoms with E-state index in [0.717, 1.165) is 7.11 Å². The minimum atomic E-state index is -4.85. The van der Waals surface area contributed by atoms with Crippen LogP contribution >= 0.6 is 0 Å². The Hall–Kier alpha value is -2.10. The molecule has 7 heteroatoms. The fraction of sp³-hybridized carbons (Fsp3) is 0.200. The van der Waals surface area contributed by atoms with Crippen molar-refractivity contribution < 1.29 is 27.1 Å². The van der Waals surface area contributed by atoms with Crippen LogP contribution in [0.15, 0.2) is 12.1 Å². The Balaban J connectivity index is 3.50. The monoisotopic (exact) mass is 247 g/mol. The van der Waals surface area contributed by atoms with Gasteiger partial charge in [-0.3, -0.25) is 0 Å². The lowest BCUT2D eigenvalue weighted by Crippen LogP contribution is -2.13. The molecule has 0 N–H and O–H groups in total. The van der Waals surface area contributed by atoms with Crippen LogP contribution in [0.2, 0.25) is 0 Å². The molecule has 0 saturated heterocycles. The summed E-state index contributed by atoms with van der Waals surface area (Å²) in [5, 5.41) is 8.46. The normalized spacial score (nSPS) is 10.8. The van der Waals surface area contributed by atoms with E-state index in [4.69, 9.17) is 5.26 Å². The summed E-state index contributed by atoms with van der Waals surface area (Å²) in [5.74, 6) is -2.47. The smallest absolute Gasteiger partial charge is 0.417 e. The molecule has 0 unspecified atom stereocenters. The number of halogens is 4. The second-order valence-electron chi connectivity index (χ2n) is 2.98. The van der Waals surface area contributed by atoms with Crippen LogP contribution in [0.5, 0.6) is 0 Å². The number of benzene rings is 1. The Morgan fingerprint density at radius 2 is 2.00 bits per heavy atom. The number of alkyl halides is 3. The molecule has 0 aliphatic rings. The highest BCUT2D eigenvalue weighted by atomic mass is 19.4. The quantitative estimate of drug-likeness (QED) is 0.566. The van der Waals surface area contributed by atoms with Crippen molar-refractivity contribution in [2.45, 2.75) is 6.18 Å². The number of hydrogen-bond acceptors (Lipinski definition) is 3. The molecular weight excluding hydrogens is 242 g/mol. The summed E-state index contributed by atoms with van der Waals surface area (Å²) in [7, 11) is 0.910. The van der Waals surface area contributed by atoms with Gasteiger partial charge in [-0.15, -0.1) is 0 Å². The second-order valence-corrected chi connectivity index (χ2v) is 2.98. The average molecular weight is 247 g/mol. The fourth-order valence-corrected chi connectivity index (χ4v) is 1.17. The third-order valence-corrected chi connectivity index (χ3v) is 1.94. The first kappa shape index (κ1) is 13.0. The highest BCUT2D eigenvalue weighted by Gasteiger charge is 2.35. The SMILES string of the molecule is COC(=O)c1cc(C(F)(F)F)c(C#N)cc1F. The minimum absolute atomic E-state index is 0.264. The van der Waals surface area contributed by atoms with Gasteiger partial charge in [0, 0.05) is 0 Å². The molecule has 0 heterocycles. The molecule has 1 aromatic rings. The van der Waals surface area contributed by atoms with Gasteiger partial charge in [-0.25, -0.2) is 9.18 Å². The van der Waals surface area contributed by atoms with E-state index in [1.807, 2.05) is 0 Å². The zero-order valence-corrected chi connectivity index (χ0v) is 8.43. The van der Waals surface area contributed by atoms with Crippen molar-refractivity contribution in [3.05, 3.63) is 34.6 Å². The van der Waals surface area contributed by atoms with Gasteiger partial charge in [0.15, 0.2) is 0 Å². The van der Waals surface area contributed by atoms with Crippen molar-refractivity contribution in [3.63, 3.8) is 0 Å². The molecule has 1 aromatic carbocycles. The van der Waals surface area contributed by atoms with Gasteiger partial charge in [-0.05, 0) is 12.1 Å². The highest BCUT2D eigenvalue weighted by molar-refractivity contribution is 5.90. The topological polar surface area (TPSA) is 50.1 Å². The summed E-state index contributed by atoms with van der Waals surface area (Å²) in [4.78, 5) is 11.0. The maximum atomic E-state index is 13.2. The Bertz CT molecular complexity index is 502. The Morgan fingerprint density at radius 1 is 1.41 bits per heavy atom. The predicted octanol–water partition coefficient (Wildman–Crippen LogP) is 2.50. The molecule has 0 atom stereocenters. The van der Waals surface area contributed by atoms with Crippen molar-refractivity contribution in [3.8, 4) is 6.07 Å². The lowest BCUT2D eigenvalue weighted by Gasteiger charge is -2.10. The molecular formula is C10H5F4NO2. The molecule has 0 aliphatic heterocycles. The number of carbonyl (C=O) groups excluding carboxylic acids is 1. The Morgan fingerprint density at radius 3 is 2.41 bits per heavy atom. The highest BCUT2D eigenvalue weighted by Crippen LogP contribution is 2.33. The molecule has 3 nitrogen and oxygen atoms in total. The van der Waals surface area contributed by atoms with E-state index in [9.17, 15) is 22.4 Å². The number of esters is 1. The number of nitriles is 1. The van der Waals surface area contributed by atoms with Crippen LogP contribution in [0.1, 0.15) is 21.5 Å². The summed E-state index contributed by atoms with van der Waals surface area (Å²) in [6, 6.07) is 1.83. The molecule has 0 bridgehead atoms. The number of ether oxygens (including phenoxy) is 1. The predicted molar refractivity (Wildman–Crippen MR) is 47.5 cm³/mol. The summed E-state index contributed by atoms with van der Waals surface area (Å²) in [6.07, 6.45) is -4.85. The van der Waals surface area contributed by atoms with E-state index in [-0.39, 0.29) is 6.07 Å². The molecule has 0 aromatic heterocycles. The molecule has 0 amide bonds. The lowest BCUT2D eigenvalue weighted by atomic mass is 10.0. The van der Waals surface area contributed by atoms with Gasteiger partial charge in [0.1, 0.15) is 5.82 Å². The van der Waals surface area contributed by atoms with Crippen molar-refractivity contribution in [1.82, 2.24) is 0 Å². The van der Waals surface area contributed by atoms with E-state index in [2.05, 4.69) is 4.74 Å². The second kappa shape index (κ2) is 4.41. The van der Waals surface area contributed by atoms with E-state index in [1.165, 1.54) is 6.07 Å². The summed E-state index contributed by atoms with van der Waals surface area (Å²) in [6.45, 7) is 0. The van der Waals surface area contributed by atoms with Crippen LogP contribution in [0, 0.1) is 17.1 Å². The van der Waals surface area contributed by atoms with Gasteiger partial charge in [0.25, 0.3) is 0 Å². The number of methoxy groups -OCH3 is 1. The van der Waals surface area contributed by atoms with Crippen LogP contribution < -0.4 is 0 Å². The number of hydrogen-bond donors (Lipinski definition) is 0. The fourth-order valence-electron chi connectivity index (χ4n) is 1.17. The zero-order valence-electron chi connectivity index (χ0n) is 8.43. The van der Waals surface area contributed by atoms with Crippen LogP contribution in [0.4, 0.5) is 17.6 Å². The third-order valence-electron chi connectivity index (χ3n) is 1.94. The lowest BCUT2D eigenvalue weighted by molar-refractivity contribution is -0.137. The maximum absolute atomic E-state index is 13.2. The molecule has 0 spiro atoms. The average Bonchev–Trinajstić information content (AvgIpc) is 2.25. The van der Waals surface area contributed by atoms with Gasteiger partial charge in [0.2, 0.25) is 0 Å². The van der Waals surface area contributed by atoms with Crippen molar-refractivity contribution >= 4 is 5.97 Å². The van der Waals surface area contributed by atoms with E-state index < -0.39 is 34.7 Å². The molecule has 0 radical (unpaired) electrons. The van der Waals surface area contributed by atoms with Crippen LogP contribution in [0.25, 0.3) is 0 Å². The van der Waals surface area contributed by atoms with Crippen molar-refractivity contribution in [2.24, 2.45) is 0 Å². The first-order valence-corrected chi connectivity index (χ1v) is 4.20. The zero-order chi connectivity index (χ0) is 13.2. The third kappa shape index (κ3) is 2.53. The molecule has 90 valence electrons. The first-order valence-electron chi connectivity index (χ1n) is 4.20. The van der Waals surface area contributed by atoms with Gasteiger partial charge in [0.05, 0.1) is 29.9 Å². The Kier molecular flexibility index (Phi) is 3.36. The van der Waals surface area contributed by atoms with Crippen molar-refractivity contribution in [2.75, 3.05) is 7.11 Å². The molecule has 0 saturated carbocycles. The van der Waals surface area contributed by atoms with Gasteiger partial charge in [-0.1, -0.05) is 0 Å². The maximum Gasteiger partial charge on any atom is 0.417 e. The Labute approximate surface area is 93.2 Å². The number of nitrogens with zero attached hydrogens (tertiary/aromatic N) is 1. The van der Waals surface area contributed by atoms with Gasteiger partial charge in [-0.2, -0.15) is 18.4 Å². The molecule has 0 fully saturated rings. The molecule has 1 rings (SSSR count). The van der Waals surface area contributed by atoms with Crippen molar-refractivity contribution in [1.29, 1.82) is 5.26 Å². The first-order chi connectivity index (χ1) is 7.81. The number of carbonyl (C=O) groups is 1. The summed E-state index contributed by atoms with van der Waals surface area (Å²) >= 11 is 0. The van der Waals surface area contributed by atoms with E-state index >= 15 is 0 Å². The largest absolute Gasteiger partial charge is 0.465 e.